The van der Waals surface area contributed by atoms with Crippen molar-refractivity contribution in [2.75, 3.05) is 17.6 Å². The number of methoxy groups -OCH3 is 1. The Morgan fingerprint density at radius 2 is 1.90 bits per heavy atom. The molecule has 6 heteroatoms. The standard InChI is InChI=1S/C14H16N2O3S/c1-19-10-11-5-2-3-8-14(11)16-20(17,18)13-7-4-6-12(15)9-13/h2-9,16H,10,15H2,1H3. The largest absolute Gasteiger partial charge is 0.399 e. The number of hydrogen-bond acceptors (Lipinski definition) is 4. The Morgan fingerprint density at radius 1 is 1.15 bits per heavy atom. The molecule has 0 heterocycles. The molecule has 2 aromatic rings. The van der Waals surface area contributed by atoms with Crippen LogP contribution in [0.4, 0.5) is 11.4 Å². The predicted molar refractivity (Wildman–Crippen MR) is 78.8 cm³/mol. The summed E-state index contributed by atoms with van der Waals surface area (Å²) in [5, 5.41) is 0. The Balaban J connectivity index is 2.34. The minimum absolute atomic E-state index is 0.129. The molecule has 5 nitrogen and oxygen atoms in total. The van der Waals surface area contributed by atoms with Crippen LogP contribution in [0.3, 0.4) is 0 Å². The number of nitrogen functional groups attached to an aromatic ring is 1. The Morgan fingerprint density at radius 3 is 2.60 bits per heavy atom. The average molecular weight is 292 g/mol. The predicted octanol–water partition coefficient (Wildman–Crippen LogP) is 2.22. The van der Waals surface area contributed by atoms with E-state index < -0.39 is 10.0 Å². The fourth-order valence-electron chi connectivity index (χ4n) is 1.79. The van der Waals surface area contributed by atoms with Crippen molar-refractivity contribution in [3.05, 3.63) is 54.1 Å². The maximum Gasteiger partial charge on any atom is 0.261 e. The molecule has 0 fully saturated rings. The summed E-state index contributed by atoms with van der Waals surface area (Å²) >= 11 is 0. The molecule has 2 aromatic carbocycles. The van der Waals surface area contributed by atoms with Crippen LogP contribution in [-0.2, 0) is 21.4 Å². The molecular formula is C14H16N2O3S. The van der Waals surface area contributed by atoms with Crippen LogP contribution in [0, 0.1) is 0 Å². The molecule has 0 saturated carbocycles. The first kappa shape index (κ1) is 14.4. The highest BCUT2D eigenvalue weighted by molar-refractivity contribution is 7.92. The van der Waals surface area contributed by atoms with E-state index in [1.807, 2.05) is 6.07 Å². The normalized spacial score (nSPS) is 11.2. The molecule has 3 N–H and O–H groups in total. The second kappa shape index (κ2) is 5.94. The van der Waals surface area contributed by atoms with E-state index >= 15 is 0 Å². The van der Waals surface area contributed by atoms with Gasteiger partial charge in [0.15, 0.2) is 0 Å². The van der Waals surface area contributed by atoms with Crippen LogP contribution >= 0.6 is 0 Å². The summed E-state index contributed by atoms with van der Waals surface area (Å²) in [5.74, 6) is 0. The Hall–Kier alpha value is -2.05. The lowest BCUT2D eigenvalue weighted by Gasteiger charge is -2.12. The lowest BCUT2D eigenvalue weighted by atomic mass is 10.2. The molecule has 0 amide bonds. The first-order valence-corrected chi connectivity index (χ1v) is 7.46. The number of hydrogen-bond donors (Lipinski definition) is 2. The van der Waals surface area contributed by atoms with Crippen molar-refractivity contribution in [1.29, 1.82) is 0 Å². The Bertz CT molecular complexity index is 699. The minimum Gasteiger partial charge on any atom is -0.399 e. The van der Waals surface area contributed by atoms with Gasteiger partial charge < -0.3 is 10.5 Å². The van der Waals surface area contributed by atoms with Gasteiger partial charge in [0.1, 0.15) is 0 Å². The van der Waals surface area contributed by atoms with Gasteiger partial charge in [-0.25, -0.2) is 8.42 Å². The molecule has 0 spiro atoms. The van der Waals surface area contributed by atoms with E-state index in [1.54, 1.807) is 37.4 Å². The molecule has 0 aliphatic rings. The summed E-state index contributed by atoms with van der Waals surface area (Å²) < 4.78 is 32.2. The van der Waals surface area contributed by atoms with E-state index in [9.17, 15) is 8.42 Å². The lowest BCUT2D eigenvalue weighted by molar-refractivity contribution is 0.185. The molecule has 0 unspecified atom stereocenters. The number of sulfonamides is 1. The summed E-state index contributed by atoms with van der Waals surface area (Å²) in [6.07, 6.45) is 0. The quantitative estimate of drug-likeness (QED) is 0.828. The molecule has 0 atom stereocenters. The molecule has 0 aliphatic heterocycles. The molecule has 20 heavy (non-hydrogen) atoms. The lowest BCUT2D eigenvalue weighted by Crippen LogP contribution is -2.14. The molecule has 0 bridgehead atoms. The zero-order valence-electron chi connectivity index (χ0n) is 11.0. The number of rotatable bonds is 5. The maximum absolute atomic E-state index is 12.3. The molecule has 0 aromatic heterocycles. The van der Waals surface area contributed by atoms with Gasteiger partial charge in [-0.15, -0.1) is 0 Å². The average Bonchev–Trinajstić information content (AvgIpc) is 2.41. The molecule has 2 rings (SSSR count). The number of nitrogens with two attached hydrogens (primary N) is 1. The van der Waals surface area contributed by atoms with E-state index in [4.69, 9.17) is 10.5 Å². The van der Waals surface area contributed by atoms with Crippen molar-refractivity contribution in [3.63, 3.8) is 0 Å². The number of ether oxygens (including phenoxy) is 1. The summed E-state index contributed by atoms with van der Waals surface area (Å²) in [5.41, 5.74) is 7.28. The summed E-state index contributed by atoms with van der Waals surface area (Å²) in [7, 11) is -2.10. The van der Waals surface area contributed by atoms with E-state index in [1.165, 1.54) is 12.1 Å². The molecule has 106 valence electrons. The van der Waals surface area contributed by atoms with Gasteiger partial charge in [-0.2, -0.15) is 0 Å². The highest BCUT2D eigenvalue weighted by Gasteiger charge is 2.15. The zero-order valence-corrected chi connectivity index (χ0v) is 11.9. The molecule has 0 aliphatic carbocycles. The molecule has 0 saturated heterocycles. The SMILES string of the molecule is COCc1ccccc1NS(=O)(=O)c1cccc(N)c1. The third-order valence-corrected chi connectivity index (χ3v) is 4.09. The van der Waals surface area contributed by atoms with Crippen LogP contribution in [0.1, 0.15) is 5.56 Å². The van der Waals surface area contributed by atoms with E-state index in [-0.39, 0.29) is 4.90 Å². The first-order chi connectivity index (χ1) is 9.53. The number of nitrogens with one attached hydrogen (secondary N) is 1. The van der Waals surface area contributed by atoms with Crippen molar-refractivity contribution in [2.45, 2.75) is 11.5 Å². The van der Waals surface area contributed by atoms with Crippen molar-refractivity contribution in [1.82, 2.24) is 0 Å². The van der Waals surface area contributed by atoms with Gasteiger partial charge >= 0.3 is 0 Å². The molecule has 0 radical (unpaired) electrons. The van der Waals surface area contributed by atoms with Gasteiger partial charge in [-0.1, -0.05) is 24.3 Å². The fourth-order valence-corrected chi connectivity index (χ4v) is 2.94. The topological polar surface area (TPSA) is 81.4 Å². The van der Waals surface area contributed by atoms with Crippen LogP contribution < -0.4 is 10.5 Å². The minimum atomic E-state index is -3.66. The highest BCUT2D eigenvalue weighted by Crippen LogP contribution is 2.21. The van der Waals surface area contributed by atoms with Crippen LogP contribution in [0.2, 0.25) is 0 Å². The van der Waals surface area contributed by atoms with Crippen LogP contribution in [0.15, 0.2) is 53.4 Å². The third kappa shape index (κ3) is 3.28. The van der Waals surface area contributed by atoms with Crippen LogP contribution in [-0.4, -0.2) is 15.5 Å². The number of para-hydroxylation sites is 1. The van der Waals surface area contributed by atoms with Crippen molar-refractivity contribution < 1.29 is 13.2 Å². The monoisotopic (exact) mass is 292 g/mol. The van der Waals surface area contributed by atoms with Crippen molar-refractivity contribution in [3.8, 4) is 0 Å². The van der Waals surface area contributed by atoms with Crippen LogP contribution in [0.25, 0.3) is 0 Å². The smallest absolute Gasteiger partial charge is 0.261 e. The number of benzene rings is 2. The Labute approximate surface area is 118 Å². The number of anilines is 2. The van der Waals surface area contributed by atoms with Crippen LogP contribution in [0.5, 0.6) is 0 Å². The van der Waals surface area contributed by atoms with Gasteiger partial charge in [-0.3, -0.25) is 4.72 Å². The van der Waals surface area contributed by atoms with Gasteiger partial charge in [0, 0.05) is 18.4 Å². The van der Waals surface area contributed by atoms with E-state index in [2.05, 4.69) is 4.72 Å². The van der Waals surface area contributed by atoms with E-state index in [0.717, 1.165) is 5.56 Å². The van der Waals surface area contributed by atoms with Gasteiger partial charge in [-0.05, 0) is 24.3 Å². The summed E-state index contributed by atoms with van der Waals surface area (Å²) in [4.78, 5) is 0.129. The second-order valence-corrected chi connectivity index (χ2v) is 5.95. The Kier molecular flexibility index (Phi) is 4.26. The van der Waals surface area contributed by atoms with Crippen molar-refractivity contribution in [2.24, 2.45) is 0 Å². The third-order valence-electron chi connectivity index (χ3n) is 2.73. The van der Waals surface area contributed by atoms with E-state index in [0.29, 0.717) is 18.0 Å². The summed E-state index contributed by atoms with van der Waals surface area (Å²) in [6, 6.07) is 13.2. The van der Waals surface area contributed by atoms with Crippen molar-refractivity contribution >= 4 is 21.4 Å². The summed E-state index contributed by atoms with van der Waals surface area (Å²) in [6.45, 7) is 0.329. The van der Waals surface area contributed by atoms with Gasteiger partial charge in [0.2, 0.25) is 0 Å². The highest BCUT2D eigenvalue weighted by atomic mass is 32.2. The fraction of sp³-hybridized carbons (Fsp3) is 0.143. The zero-order chi connectivity index (χ0) is 14.6. The second-order valence-electron chi connectivity index (χ2n) is 4.27. The molecular weight excluding hydrogens is 276 g/mol. The first-order valence-electron chi connectivity index (χ1n) is 5.98. The van der Waals surface area contributed by atoms with Gasteiger partial charge in [0.05, 0.1) is 17.2 Å². The van der Waals surface area contributed by atoms with Gasteiger partial charge in [0.25, 0.3) is 10.0 Å². The maximum atomic E-state index is 12.3.